The molecule has 0 bridgehead atoms. The third-order valence-corrected chi connectivity index (χ3v) is 6.97. The van der Waals surface area contributed by atoms with Gasteiger partial charge >= 0.3 is 0 Å². The number of pyridine rings is 1. The van der Waals surface area contributed by atoms with Gasteiger partial charge in [0.1, 0.15) is 17.3 Å². The molecule has 2 aromatic carbocycles. The van der Waals surface area contributed by atoms with Gasteiger partial charge in [0.05, 0.1) is 32.5 Å². The lowest BCUT2D eigenvalue weighted by molar-refractivity contribution is 0.101. The molecule has 2 aliphatic rings. The average Bonchev–Trinajstić information content (AvgIpc) is 3.27. The fraction of sp³-hybridized carbons (Fsp3) is 0.310. The third kappa shape index (κ3) is 4.61. The number of carbonyl (C=O) groups excluding carboxylic acids is 1. The Hall–Kier alpha value is -4.24. The van der Waals surface area contributed by atoms with E-state index < -0.39 is 0 Å². The molecule has 1 aromatic heterocycles. The van der Waals surface area contributed by atoms with Gasteiger partial charge in [-0.2, -0.15) is 0 Å². The lowest BCUT2D eigenvalue weighted by Gasteiger charge is -2.35. The van der Waals surface area contributed by atoms with E-state index in [2.05, 4.69) is 14.8 Å². The first-order chi connectivity index (χ1) is 18.4. The molecule has 0 unspecified atom stereocenters. The molecule has 5 rings (SSSR count). The molecule has 0 radical (unpaired) electrons. The predicted octanol–water partition coefficient (Wildman–Crippen LogP) is 4.06. The van der Waals surface area contributed by atoms with Crippen molar-refractivity contribution in [2.75, 3.05) is 52.4 Å². The van der Waals surface area contributed by atoms with E-state index in [0.717, 1.165) is 32.0 Å². The van der Waals surface area contributed by atoms with Gasteiger partial charge in [-0.1, -0.05) is 6.07 Å². The van der Waals surface area contributed by atoms with Crippen LogP contribution in [0.3, 0.4) is 0 Å². The van der Waals surface area contributed by atoms with E-state index in [-0.39, 0.29) is 17.3 Å². The number of aromatic nitrogens is 1. The topological polar surface area (TPSA) is 93.6 Å². The number of Topliss-reactive ketones (excluding diaryl/α,β-unsaturated/α-hetero) is 1. The van der Waals surface area contributed by atoms with Gasteiger partial charge in [0, 0.05) is 44.5 Å². The molecule has 3 heterocycles. The van der Waals surface area contributed by atoms with Crippen LogP contribution in [0.5, 0.6) is 28.7 Å². The number of allylic oxidation sites excluding steroid dienone is 1. The Morgan fingerprint density at radius 2 is 1.79 bits per heavy atom. The normalized spacial score (nSPS) is 16.4. The number of aryl methyl sites for hydroxylation is 1. The van der Waals surface area contributed by atoms with Gasteiger partial charge in [0.2, 0.25) is 11.5 Å². The van der Waals surface area contributed by atoms with Crippen LogP contribution < -0.4 is 23.8 Å². The number of nitrogens with zero attached hydrogens (tertiary/aromatic N) is 3. The highest BCUT2D eigenvalue weighted by Gasteiger charge is 2.34. The summed E-state index contributed by atoms with van der Waals surface area (Å²) in [5.41, 5.74) is 2.34. The molecule has 1 saturated heterocycles. The van der Waals surface area contributed by atoms with Crippen molar-refractivity contribution >= 4 is 17.7 Å². The minimum absolute atomic E-state index is 0.117. The molecule has 1 fully saturated rings. The first-order valence-electron chi connectivity index (χ1n) is 12.4. The van der Waals surface area contributed by atoms with Crippen LogP contribution in [0, 0.1) is 6.92 Å². The second kappa shape index (κ2) is 10.6. The predicted molar refractivity (Wildman–Crippen MR) is 144 cm³/mol. The molecule has 9 heteroatoms. The summed E-state index contributed by atoms with van der Waals surface area (Å²) in [6, 6.07) is 11.1. The van der Waals surface area contributed by atoms with Crippen molar-refractivity contribution in [1.29, 1.82) is 0 Å². The first kappa shape index (κ1) is 25.4. The zero-order valence-corrected chi connectivity index (χ0v) is 22.0. The largest absolute Gasteiger partial charge is 0.507 e. The lowest BCUT2D eigenvalue weighted by atomic mass is 9.99. The van der Waals surface area contributed by atoms with E-state index in [9.17, 15) is 9.90 Å². The summed E-state index contributed by atoms with van der Waals surface area (Å²) in [6.07, 6.45) is 3.43. The molecule has 0 atom stereocenters. The van der Waals surface area contributed by atoms with Crippen molar-refractivity contribution in [1.82, 2.24) is 9.88 Å². The van der Waals surface area contributed by atoms with E-state index in [4.69, 9.17) is 18.9 Å². The van der Waals surface area contributed by atoms with Gasteiger partial charge in [-0.15, -0.1) is 0 Å². The van der Waals surface area contributed by atoms with Crippen molar-refractivity contribution in [3.63, 3.8) is 0 Å². The average molecular weight is 518 g/mol. The highest BCUT2D eigenvalue weighted by molar-refractivity contribution is 6.16. The number of hydrogen-bond acceptors (Lipinski definition) is 9. The fourth-order valence-corrected chi connectivity index (χ4v) is 5.01. The molecule has 9 nitrogen and oxygen atoms in total. The minimum Gasteiger partial charge on any atom is -0.507 e. The summed E-state index contributed by atoms with van der Waals surface area (Å²) in [4.78, 5) is 22.4. The Bertz CT molecular complexity index is 1380. The molecule has 2 aliphatic heterocycles. The van der Waals surface area contributed by atoms with E-state index in [0.29, 0.717) is 51.8 Å². The van der Waals surface area contributed by atoms with Crippen LogP contribution in [-0.2, 0) is 6.54 Å². The summed E-state index contributed by atoms with van der Waals surface area (Å²) in [6.45, 7) is 5.47. The Kier molecular flexibility index (Phi) is 7.11. The molecule has 0 spiro atoms. The number of carbonyl (C=O) groups is 1. The molecule has 198 valence electrons. The van der Waals surface area contributed by atoms with Gasteiger partial charge < -0.3 is 29.0 Å². The van der Waals surface area contributed by atoms with Crippen LogP contribution in [0.1, 0.15) is 27.0 Å². The second-order valence-electron chi connectivity index (χ2n) is 9.21. The number of anilines is 1. The van der Waals surface area contributed by atoms with Crippen LogP contribution in [0.15, 0.2) is 48.4 Å². The number of rotatable bonds is 7. The van der Waals surface area contributed by atoms with Crippen LogP contribution in [0.2, 0.25) is 0 Å². The number of benzene rings is 2. The van der Waals surface area contributed by atoms with Gasteiger partial charge in [-0.25, -0.2) is 4.98 Å². The maximum atomic E-state index is 13.5. The number of piperazine rings is 1. The van der Waals surface area contributed by atoms with E-state index in [1.54, 1.807) is 44.5 Å². The quantitative estimate of drug-likeness (QED) is 0.466. The SMILES string of the molecule is COc1ccc(/C=C2\Oc3c(CN4CCN(c5ccccn5)CC4)c(O)cc(C)c3C2=O)c(OC)c1OC. The Morgan fingerprint density at radius 3 is 2.45 bits per heavy atom. The molecule has 38 heavy (non-hydrogen) atoms. The van der Waals surface area contributed by atoms with Crippen molar-refractivity contribution in [2.24, 2.45) is 0 Å². The zero-order valence-electron chi connectivity index (χ0n) is 22.0. The van der Waals surface area contributed by atoms with Crippen LogP contribution in [0.4, 0.5) is 5.82 Å². The number of fused-ring (bicyclic) bond motifs is 1. The van der Waals surface area contributed by atoms with E-state index in [1.165, 1.54) is 14.2 Å². The van der Waals surface area contributed by atoms with Gasteiger partial charge in [-0.05, 0) is 48.9 Å². The van der Waals surface area contributed by atoms with Crippen molar-refractivity contribution < 1.29 is 28.8 Å². The summed E-state index contributed by atoms with van der Waals surface area (Å²) in [5.74, 6) is 2.76. The van der Waals surface area contributed by atoms with Crippen molar-refractivity contribution in [2.45, 2.75) is 13.5 Å². The summed E-state index contributed by atoms with van der Waals surface area (Å²) >= 11 is 0. The number of phenolic OH excluding ortho intramolecular Hbond substituents is 1. The van der Waals surface area contributed by atoms with E-state index >= 15 is 0 Å². The Balaban J connectivity index is 1.41. The Morgan fingerprint density at radius 1 is 1.03 bits per heavy atom. The van der Waals surface area contributed by atoms with Gasteiger partial charge in [0.15, 0.2) is 17.3 Å². The molecule has 0 amide bonds. The van der Waals surface area contributed by atoms with Crippen molar-refractivity contribution in [3.05, 3.63) is 70.6 Å². The Labute approximate surface area is 221 Å². The maximum absolute atomic E-state index is 13.5. The molecular weight excluding hydrogens is 486 g/mol. The molecule has 1 N–H and O–H groups in total. The minimum atomic E-state index is -0.240. The smallest absolute Gasteiger partial charge is 0.232 e. The molecule has 3 aromatic rings. The first-order valence-corrected chi connectivity index (χ1v) is 12.4. The highest BCUT2D eigenvalue weighted by atomic mass is 16.5. The number of aromatic hydroxyl groups is 1. The fourth-order valence-electron chi connectivity index (χ4n) is 5.01. The highest BCUT2D eigenvalue weighted by Crippen LogP contribution is 2.44. The maximum Gasteiger partial charge on any atom is 0.232 e. The summed E-state index contributed by atoms with van der Waals surface area (Å²) < 4.78 is 22.6. The van der Waals surface area contributed by atoms with E-state index in [1.807, 2.05) is 18.2 Å². The van der Waals surface area contributed by atoms with Crippen LogP contribution in [-0.4, -0.2) is 68.3 Å². The van der Waals surface area contributed by atoms with Crippen molar-refractivity contribution in [3.8, 4) is 28.7 Å². The molecule has 0 saturated carbocycles. The monoisotopic (exact) mass is 517 g/mol. The zero-order chi connectivity index (χ0) is 26.8. The van der Waals surface area contributed by atoms with Gasteiger partial charge in [-0.3, -0.25) is 9.69 Å². The van der Waals surface area contributed by atoms with Crippen LogP contribution in [0.25, 0.3) is 6.08 Å². The van der Waals surface area contributed by atoms with Gasteiger partial charge in [0.25, 0.3) is 0 Å². The van der Waals surface area contributed by atoms with Crippen LogP contribution >= 0.6 is 0 Å². The number of ether oxygens (including phenoxy) is 4. The third-order valence-electron chi connectivity index (χ3n) is 6.97. The number of hydrogen-bond donors (Lipinski definition) is 1. The lowest BCUT2D eigenvalue weighted by Crippen LogP contribution is -2.46. The standard InChI is InChI=1S/C29H31N3O6/c1-18-15-21(33)20(17-31-11-13-32(14-12-31)24-7-5-6-10-30-24)28-25(18)26(34)23(38-28)16-19-8-9-22(35-2)29(37-4)27(19)36-3/h5-10,15-16,33H,11-14,17H2,1-4H3/b23-16-. The second-order valence-corrected chi connectivity index (χ2v) is 9.21. The summed E-state index contributed by atoms with van der Waals surface area (Å²) in [7, 11) is 4.60. The number of ketones is 1. The molecular formula is C29H31N3O6. The number of methoxy groups -OCH3 is 3. The number of phenols is 1. The summed E-state index contributed by atoms with van der Waals surface area (Å²) in [5, 5.41) is 10.9. The molecule has 0 aliphatic carbocycles.